The minimum Gasteiger partial charge on any atom is -0.466 e. The molecule has 0 atom stereocenters. The molecule has 0 bridgehead atoms. The van der Waals surface area contributed by atoms with Gasteiger partial charge in [-0.05, 0) is 119 Å². The fraction of sp³-hybridized carbons (Fsp3) is 0.424. The van der Waals surface area contributed by atoms with Gasteiger partial charge >= 0.3 is 14.5 Å². The largest absolute Gasteiger partial charge is 0.466 e. The lowest BCUT2D eigenvalue weighted by molar-refractivity contribution is -0.143. The molecule has 0 aliphatic heterocycles. The van der Waals surface area contributed by atoms with Crippen molar-refractivity contribution in [2.24, 2.45) is 0 Å². The van der Waals surface area contributed by atoms with Gasteiger partial charge in [-0.15, -0.1) is 0 Å². The number of nitrogens with one attached hydrogen (secondary N) is 1. The molecule has 0 aromatic heterocycles. The van der Waals surface area contributed by atoms with E-state index in [2.05, 4.69) is 92.4 Å². The number of hydrogen-bond donors (Lipinski definition) is 1. The molecule has 210 valence electrons. The van der Waals surface area contributed by atoms with Crippen molar-refractivity contribution in [2.75, 3.05) is 11.9 Å². The molecular formula is C33H45NO4Si. The van der Waals surface area contributed by atoms with E-state index >= 15 is 0 Å². The lowest BCUT2D eigenvalue weighted by Crippen LogP contribution is -2.43. The molecule has 0 saturated heterocycles. The number of anilines is 2. The van der Waals surface area contributed by atoms with Gasteiger partial charge in [0.25, 0.3) is 0 Å². The monoisotopic (exact) mass is 547 g/mol. The van der Waals surface area contributed by atoms with Crippen LogP contribution in [0, 0.1) is 13.8 Å². The van der Waals surface area contributed by atoms with Crippen molar-refractivity contribution in [2.45, 2.75) is 85.6 Å². The molecule has 0 fully saturated rings. The maximum Gasteiger partial charge on any atom is 0.335 e. The van der Waals surface area contributed by atoms with Crippen molar-refractivity contribution in [1.29, 1.82) is 0 Å². The van der Waals surface area contributed by atoms with Crippen LogP contribution in [0.15, 0.2) is 66.7 Å². The Kier molecular flexibility index (Phi) is 11.3. The second-order valence-corrected chi connectivity index (χ2v) is 14.2. The van der Waals surface area contributed by atoms with Gasteiger partial charge in [-0.25, -0.2) is 0 Å². The van der Waals surface area contributed by atoms with Crippen molar-refractivity contribution in [3.05, 3.63) is 83.4 Å². The first kappa shape index (κ1) is 30.6. The van der Waals surface area contributed by atoms with Crippen LogP contribution in [-0.4, -0.2) is 33.3 Å². The summed E-state index contributed by atoms with van der Waals surface area (Å²) in [5.74, 6) is -0.163. The summed E-state index contributed by atoms with van der Waals surface area (Å²) in [6.07, 6.45) is 2.04. The van der Waals surface area contributed by atoms with Gasteiger partial charge in [-0.2, -0.15) is 0 Å². The van der Waals surface area contributed by atoms with Gasteiger partial charge in [0, 0.05) is 30.0 Å². The van der Waals surface area contributed by atoms with Gasteiger partial charge < -0.3 is 18.9 Å². The average Bonchev–Trinajstić information content (AvgIpc) is 2.87. The summed E-state index contributed by atoms with van der Waals surface area (Å²) in [4.78, 5) is 12.3. The highest BCUT2D eigenvalue weighted by Gasteiger charge is 2.33. The van der Waals surface area contributed by atoms with Crippen molar-refractivity contribution >= 4 is 25.9 Å². The highest BCUT2D eigenvalue weighted by atomic mass is 28.4. The van der Waals surface area contributed by atoms with E-state index in [0.29, 0.717) is 19.4 Å². The standard InChI is InChI=1S/C33H45NO4Si/c1-24(2)37-39(7,38-25(3)4)22-8-21-36-33(35)20-12-28-10-13-29(14-11-28)30-15-18-31(19-16-30)34-32-17-9-26(5)27(6)23-32/h9-11,13-19,23-25,34H,8,12,20-22H2,1-7H3. The highest BCUT2D eigenvalue weighted by molar-refractivity contribution is 6.66. The van der Waals surface area contributed by atoms with E-state index < -0.39 is 8.56 Å². The molecule has 0 heterocycles. The van der Waals surface area contributed by atoms with Crippen molar-refractivity contribution in [3.8, 4) is 11.1 Å². The zero-order chi connectivity index (χ0) is 28.4. The van der Waals surface area contributed by atoms with Crippen LogP contribution >= 0.6 is 0 Å². The third kappa shape index (κ3) is 10.3. The summed E-state index contributed by atoms with van der Waals surface area (Å²) >= 11 is 0. The van der Waals surface area contributed by atoms with Gasteiger partial charge in [0.2, 0.25) is 0 Å². The third-order valence-electron chi connectivity index (χ3n) is 6.59. The summed E-state index contributed by atoms with van der Waals surface area (Å²) in [5, 5.41) is 3.47. The number of carbonyl (C=O) groups is 1. The predicted octanol–water partition coefficient (Wildman–Crippen LogP) is 8.50. The summed E-state index contributed by atoms with van der Waals surface area (Å²) in [5.41, 5.74) is 8.15. The van der Waals surface area contributed by atoms with Crippen LogP contribution in [0.4, 0.5) is 11.4 Å². The predicted molar refractivity (Wildman–Crippen MR) is 164 cm³/mol. The fourth-order valence-electron chi connectivity index (χ4n) is 4.64. The van der Waals surface area contributed by atoms with Crippen LogP contribution in [0.5, 0.6) is 0 Å². The molecule has 0 saturated carbocycles. The first-order chi connectivity index (χ1) is 18.5. The summed E-state index contributed by atoms with van der Waals surface area (Å²) < 4.78 is 17.7. The SMILES string of the molecule is Cc1ccc(Nc2ccc(-c3ccc(CCC(=O)OCCC[Si](C)(OC(C)C)OC(C)C)cc3)cc2)cc1C. The molecule has 0 spiro atoms. The van der Waals surface area contributed by atoms with E-state index in [1.54, 1.807) is 0 Å². The van der Waals surface area contributed by atoms with Crippen molar-refractivity contribution in [1.82, 2.24) is 0 Å². The van der Waals surface area contributed by atoms with Crippen molar-refractivity contribution < 1.29 is 18.4 Å². The van der Waals surface area contributed by atoms with Crippen LogP contribution in [0.3, 0.4) is 0 Å². The number of hydrogen-bond acceptors (Lipinski definition) is 5. The molecular weight excluding hydrogens is 502 g/mol. The van der Waals surface area contributed by atoms with E-state index in [4.69, 9.17) is 13.6 Å². The normalized spacial score (nSPS) is 11.7. The topological polar surface area (TPSA) is 56.8 Å². The molecule has 3 aromatic rings. The molecule has 3 aromatic carbocycles. The molecule has 0 radical (unpaired) electrons. The molecule has 0 amide bonds. The van der Waals surface area contributed by atoms with Crippen LogP contribution in [0.1, 0.15) is 57.2 Å². The quantitative estimate of drug-likeness (QED) is 0.125. The first-order valence-electron chi connectivity index (χ1n) is 14.1. The summed E-state index contributed by atoms with van der Waals surface area (Å²) in [6, 6.07) is 24.1. The van der Waals surface area contributed by atoms with E-state index in [-0.39, 0.29) is 18.2 Å². The first-order valence-corrected chi connectivity index (χ1v) is 16.6. The lowest BCUT2D eigenvalue weighted by atomic mass is 10.0. The van der Waals surface area contributed by atoms with Crippen LogP contribution in [-0.2, 0) is 24.8 Å². The van der Waals surface area contributed by atoms with Gasteiger partial charge in [0.1, 0.15) is 0 Å². The Morgan fingerprint density at radius 2 is 1.36 bits per heavy atom. The Balaban J connectivity index is 1.43. The number of esters is 1. The Hall–Kier alpha value is -2.93. The van der Waals surface area contributed by atoms with Gasteiger partial charge in [0.05, 0.1) is 6.61 Å². The number of ether oxygens (including phenoxy) is 1. The van der Waals surface area contributed by atoms with Gasteiger partial charge in [-0.3, -0.25) is 4.79 Å². The number of aryl methyl sites for hydroxylation is 3. The molecule has 0 aliphatic carbocycles. The Bertz CT molecular complexity index is 1180. The molecule has 3 rings (SSSR count). The number of benzene rings is 3. The third-order valence-corrected chi connectivity index (χ3v) is 9.80. The zero-order valence-corrected chi connectivity index (χ0v) is 25.7. The highest BCUT2D eigenvalue weighted by Crippen LogP contribution is 2.25. The molecule has 1 N–H and O–H groups in total. The second kappa shape index (κ2) is 14.5. The number of carbonyl (C=O) groups excluding carboxylic acids is 1. The Labute approximate surface area is 236 Å². The molecule has 6 heteroatoms. The van der Waals surface area contributed by atoms with Gasteiger partial charge in [0.15, 0.2) is 0 Å². The minimum atomic E-state index is -2.27. The van der Waals surface area contributed by atoms with Gasteiger partial charge in [-0.1, -0.05) is 42.5 Å². The minimum absolute atomic E-state index is 0.124. The number of rotatable bonds is 14. The van der Waals surface area contributed by atoms with Crippen LogP contribution in [0.25, 0.3) is 11.1 Å². The summed E-state index contributed by atoms with van der Waals surface area (Å²) in [6.45, 7) is 14.9. The van der Waals surface area contributed by atoms with E-state index in [0.717, 1.165) is 40.5 Å². The molecule has 5 nitrogen and oxygen atoms in total. The van der Waals surface area contributed by atoms with E-state index in [1.165, 1.54) is 11.1 Å². The fourth-order valence-corrected chi connectivity index (χ4v) is 7.71. The molecule has 0 unspecified atom stereocenters. The summed E-state index contributed by atoms with van der Waals surface area (Å²) in [7, 11) is -2.27. The zero-order valence-electron chi connectivity index (χ0n) is 24.7. The Morgan fingerprint density at radius 3 is 1.92 bits per heavy atom. The maximum absolute atomic E-state index is 12.3. The van der Waals surface area contributed by atoms with Crippen LogP contribution < -0.4 is 5.32 Å². The smallest absolute Gasteiger partial charge is 0.335 e. The van der Waals surface area contributed by atoms with E-state index in [1.807, 2.05) is 27.7 Å². The molecule has 0 aliphatic rings. The van der Waals surface area contributed by atoms with Crippen LogP contribution in [0.2, 0.25) is 12.6 Å². The molecule has 39 heavy (non-hydrogen) atoms. The second-order valence-electron chi connectivity index (χ2n) is 11.0. The average molecular weight is 548 g/mol. The Morgan fingerprint density at radius 1 is 0.795 bits per heavy atom. The van der Waals surface area contributed by atoms with Crippen molar-refractivity contribution in [3.63, 3.8) is 0 Å². The van der Waals surface area contributed by atoms with E-state index in [9.17, 15) is 4.79 Å². The maximum atomic E-state index is 12.3. The lowest BCUT2D eigenvalue weighted by Gasteiger charge is -2.31.